The standard InChI is InChI=1S/C6H11F3/c1-4(5(7)8)6(2,3)9/h4-5H,1-3H3. The van der Waals surface area contributed by atoms with Gasteiger partial charge in [0.05, 0.1) is 5.92 Å². The number of hydrogen-bond acceptors (Lipinski definition) is 0. The molecule has 0 aliphatic rings. The Morgan fingerprint density at radius 2 is 1.56 bits per heavy atom. The summed E-state index contributed by atoms with van der Waals surface area (Å²) in [5, 5.41) is 0. The van der Waals surface area contributed by atoms with Crippen LogP contribution in [0.5, 0.6) is 0 Å². The van der Waals surface area contributed by atoms with Crippen molar-refractivity contribution in [3.05, 3.63) is 0 Å². The SMILES string of the molecule is CC(C(F)F)C(C)(C)F. The zero-order chi connectivity index (χ0) is 7.65. The largest absolute Gasteiger partial charge is 0.244 e. The zero-order valence-corrected chi connectivity index (χ0v) is 5.79. The van der Waals surface area contributed by atoms with Crippen molar-refractivity contribution in [3.63, 3.8) is 0 Å². The molecule has 0 N–H and O–H groups in total. The van der Waals surface area contributed by atoms with Crippen molar-refractivity contribution in [2.24, 2.45) is 5.92 Å². The van der Waals surface area contributed by atoms with Crippen molar-refractivity contribution >= 4 is 0 Å². The van der Waals surface area contributed by atoms with Crippen LogP contribution in [0.1, 0.15) is 20.8 Å². The normalized spacial score (nSPS) is 16.3. The van der Waals surface area contributed by atoms with Crippen LogP contribution in [-0.2, 0) is 0 Å². The predicted molar refractivity (Wildman–Crippen MR) is 30.4 cm³/mol. The lowest BCUT2D eigenvalue weighted by Crippen LogP contribution is -2.28. The van der Waals surface area contributed by atoms with Gasteiger partial charge in [-0.1, -0.05) is 6.92 Å². The minimum atomic E-state index is -2.56. The first-order chi connectivity index (χ1) is 3.85. The van der Waals surface area contributed by atoms with E-state index < -0.39 is 18.0 Å². The fourth-order valence-corrected chi connectivity index (χ4v) is 0.300. The molecule has 3 heteroatoms. The van der Waals surface area contributed by atoms with Gasteiger partial charge in [0.25, 0.3) is 0 Å². The summed E-state index contributed by atoms with van der Waals surface area (Å²) in [6, 6.07) is 0. The maximum atomic E-state index is 12.6. The molecule has 56 valence electrons. The van der Waals surface area contributed by atoms with Crippen molar-refractivity contribution in [3.8, 4) is 0 Å². The first-order valence-electron chi connectivity index (χ1n) is 2.82. The minimum absolute atomic E-state index is 1.16. The highest BCUT2D eigenvalue weighted by Gasteiger charge is 2.31. The van der Waals surface area contributed by atoms with Crippen molar-refractivity contribution in [2.45, 2.75) is 32.9 Å². The number of hydrogen-bond donors (Lipinski definition) is 0. The van der Waals surface area contributed by atoms with Gasteiger partial charge in [-0.25, -0.2) is 13.2 Å². The molecule has 0 saturated carbocycles. The van der Waals surface area contributed by atoms with Gasteiger partial charge in [0.15, 0.2) is 0 Å². The maximum absolute atomic E-state index is 12.6. The van der Waals surface area contributed by atoms with Crippen LogP contribution < -0.4 is 0 Å². The van der Waals surface area contributed by atoms with Crippen LogP contribution in [0.2, 0.25) is 0 Å². The van der Waals surface area contributed by atoms with E-state index in [4.69, 9.17) is 0 Å². The molecule has 0 fully saturated rings. The van der Waals surface area contributed by atoms with E-state index in [9.17, 15) is 13.2 Å². The Bertz CT molecular complexity index is 82.8. The second kappa shape index (κ2) is 2.58. The second-order valence-electron chi connectivity index (χ2n) is 2.69. The van der Waals surface area contributed by atoms with Crippen LogP contribution in [0.3, 0.4) is 0 Å². The fraction of sp³-hybridized carbons (Fsp3) is 1.00. The summed E-state index contributed by atoms with van der Waals surface area (Å²) in [4.78, 5) is 0. The fourth-order valence-electron chi connectivity index (χ4n) is 0.300. The highest BCUT2D eigenvalue weighted by atomic mass is 19.3. The van der Waals surface area contributed by atoms with Crippen molar-refractivity contribution in [1.29, 1.82) is 0 Å². The zero-order valence-electron chi connectivity index (χ0n) is 5.79. The van der Waals surface area contributed by atoms with Gasteiger partial charge in [-0.05, 0) is 13.8 Å². The summed E-state index contributed by atoms with van der Waals surface area (Å²) in [5.74, 6) is -1.18. The van der Waals surface area contributed by atoms with Crippen LogP contribution in [0.15, 0.2) is 0 Å². The van der Waals surface area contributed by atoms with Crippen molar-refractivity contribution < 1.29 is 13.2 Å². The van der Waals surface area contributed by atoms with E-state index in [0.29, 0.717) is 0 Å². The molecular weight excluding hydrogens is 129 g/mol. The van der Waals surface area contributed by atoms with E-state index in [1.165, 1.54) is 6.92 Å². The van der Waals surface area contributed by atoms with Crippen LogP contribution in [-0.4, -0.2) is 12.1 Å². The molecule has 0 aliphatic heterocycles. The summed E-state index contributed by atoms with van der Waals surface area (Å²) in [6.45, 7) is 3.51. The van der Waals surface area contributed by atoms with Gasteiger partial charge in [0.2, 0.25) is 6.43 Å². The number of alkyl halides is 3. The smallest absolute Gasteiger partial charge is 0.244 e. The quantitative estimate of drug-likeness (QED) is 0.553. The third-order valence-electron chi connectivity index (χ3n) is 1.46. The lowest BCUT2D eigenvalue weighted by molar-refractivity contribution is -0.00117. The molecule has 0 saturated heterocycles. The Morgan fingerprint density at radius 1 is 1.22 bits per heavy atom. The monoisotopic (exact) mass is 140 g/mol. The van der Waals surface area contributed by atoms with Gasteiger partial charge in [0, 0.05) is 0 Å². The van der Waals surface area contributed by atoms with Gasteiger partial charge in [-0.2, -0.15) is 0 Å². The van der Waals surface area contributed by atoms with Gasteiger partial charge >= 0.3 is 0 Å². The summed E-state index contributed by atoms with van der Waals surface area (Å²) >= 11 is 0. The molecule has 0 rings (SSSR count). The van der Waals surface area contributed by atoms with Gasteiger partial charge in [-0.15, -0.1) is 0 Å². The Kier molecular flexibility index (Phi) is 2.52. The molecule has 1 atom stereocenters. The summed E-state index contributed by atoms with van der Waals surface area (Å²) in [7, 11) is 0. The average molecular weight is 140 g/mol. The van der Waals surface area contributed by atoms with Gasteiger partial charge < -0.3 is 0 Å². The first-order valence-corrected chi connectivity index (χ1v) is 2.82. The van der Waals surface area contributed by atoms with Crippen LogP contribution in [0.4, 0.5) is 13.2 Å². The Balaban J connectivity index is 3.88. The van der Waals surface area contributed by atoms with E-state index in [0.717, 1.165) is 13.8 Å². The molecule has 0 aromatic rings. The number of halogens is 3. The van der Waals surface area contributed by atoms with E-state index in [2.05, 4.69) is 0 Å². The van der Waals surface area contributed by atoms with Crippen molar-refractivity contribution in [2.75, 3.05) is 0 Å². The first kappa shape index (κ1) is 8.79. The highest BCUT2D eigenvalue weighted by molar-refractivity contribution is 4.75. The third kappa shape index (κ3) is 2.72. The molecule has 0 aromatic heterocycles. The van der Waals surface area contributed by atoms with E-state index >= 15 is 0 Å². The Labute approximate surface area is 53.1 Å². The van der Waals surface area contributed by atoms with Gasteiger partial charge in [-0.3, -0.25) is 0 Å². The highest BCUT2D eigenvalue weighted by Crippen LogP contribution is 2.26. The summed E-state index contributed by atoms with van der Waals surface area (Å²) in [6.07, 6.45) is -2.56. The lowest BCUT2D eigenvalue weighted by Gasteiger charge is -2.21. The molecular formula is C6H11F3. The molecule has 0 amide bonds. The molecule has 0 aromatic carbocycles. The molecule has 9 heavy (non-hydrogen) atoms. The minimum Gasteiger partial charge on any atom is -0.244 e. The third-order valence-corrected chi connectivity index (χ3v) is 1.46. The van der Waals surface area contributed by atoms with Gasteiger partial charge in [0.1, 0.15) is 5.67 Å². The molecule has 0 aliphatic carbocycles. The number of rotatable bonds is 2. The Morgan fingerprint density at radius 3 is 1.56 bits per heavy atom. The molecule has 0 spiro atoms. The second-order valence-corrected chi connectivity index (χ2v) is 2.69. The average Bonchev–Trinajstić information content (AvgIpc) is 1.62. The van der Waals surface area contributed by atoms with Crippen molar-refractivity contribution in [1.82, 2.24) is 0 Å². The molecule has 0 heterocycles. The van der Waals surface area contributed by atoms with E-state index in [1.54, 1.807) is 0 Å². The van der Waals surface area contributed by atoms with E-state index in [1.807, 2.05) is 0 Å². The lowest BCUT2D eigenvalue weighted by atomic mass is 9.95. The predicted octanol–water partition coefficient (Wildman–Crippen LogP) is 2.64. The Hall–Kier alpha value is -0.210. The van der Waals surface area contributed by atoms with Crippen LogP contribution in [0, 0.1) is 5.92 Å². The molecule has 0 bridgehead atoms. The van der Waals surface area contributed by atoms with E-state index in [-0.39, 0.29) is 0 Å². The molecule has 0 nitrogen and oxygen atoms in total. The van der Waals surface area contributed by atoms with Crippen LogP contribution in [0.25, 0.3) is 0 Å². The maximum Gasteiger partial charge on any atom is 0.244 e. The summed E-state index contributed by atoms with van der Waals surface area (Å²) in [5.41, 5.74) is -1.77. The van der Waals surface area contributed by atoms with Crippen LogP contribution >= 0.6 is 0 Å². The summed E-state index contributed by atoms with van der Waals surface area (Å²) < 4.78 is 35.9. The molecule has 0 radical (unpaired) electrons. The molecule has 1 unspecified atom stereocenters. The topological polar surface area (TPSA) is 0 Å².